The van der Waals surface area contributed by atoms with Crippen LogP contribution in [0.3, 0.4) is 0 Å². The summed E-state index contributed by atoms with van der Waals surface area (Å²) in [5.41, 5.74) is 1.48. The second-order valence-corrected chi connectivity index (χ2v) is 7.49. The van der Waals surface area contributed by atoms with Gasteiger partial charge in [-0.05, 0) is 35.4 Å². The number of sulfone groups is 1. The highest BCUT2D eigenvalue weighted by molar-refractivity contribution is 9.09. The highest BCUT2D eigenvalue weighted by Gasteiger charge is 2.21. The predicted octanol–water partition coefficient (Wildman–Crippen LogP) is 3.86. The van der Waals surface area contributed by atoms with Crippen molar-refractivity contribution in [1.29, 1.82) is 0 Å². The maximum absolute atomic E-state index is 13.0. The average Bonchev–Trinajstić information content (AvgIpc) is 2.54. The van der Waals surface area contributed by atoms with Crippen LogP contribution in [0.2, 0.25) is 0 Å². The van der Waals surface area contributed by atoms with Crippen molar-refractivity contribution in [1.82, 2.24) is 0 Å². The Morgan fingerprint density at radius 1 is 1.09 bits per heavy atom. The number of hydrogen-bond donors (Lipinski definition) is 0. The lowest BCUT2D eigenvalue weighted by Crippen LogP contribution is -2.12. The number of ketones is 1. The molecule has 22 heavy (non-hydrogen) atoms. The molecule has 0 radical (unpaired) electrons. The monoisotopic (exact) mass is 384 g/mol. The zero-order valence-electron chi connectivity index (χ0n) is 11.8. The average molecular weight is 385 g/mol. The maximum atomic E-state index is 13.0. The molecule has 0 atom stereocenters. The van der Waals surface area contributed by atoms with Gasteiger partial charge in [0.2, 0.25) is 0 Å². The van der Waals surface area contributed by atoms with Crippen LogP contribution in [-0.4, -0.2) is 25.3 Å². The van der Waals surface area contributed by atoms with Gasteiger partial charge in [0.05, 0.1) is 16.0 Å². The smallest absolute Gasteiger partial charge is 0.178 e. The van der Waals surface area contributed by atoms with Crippen LogP contribution in [-0.2, 0) is 9.84 Å². The molecule has 0 bridgehead atoms. The maximum Gasteiger partial charge on any atom is 0.178 e. The third-order valence-corrected chi connectivity index (χ3v) is 5.57. The summed E-state index contributed by atoms with van der Waals surface area (Å²) in [5.74, 6) is -0.753. The first kappa shape index (κ1) is 16.8. The Morgan fingerprint density at radius 3 is 2.23 bits per heavy atom. The molecule has 3 nitrogen and oxygen atoms in total. The first-order chi connectivity index (χ1) is 10.4. The summed E-state index contributed by atoms with van der Waals surface area (Å²) in [6.45, 7) is 1.53. The van der Waals surface area contributed by atoms with E-state index in [0.29, 0.717) is 11.1 Å². The number of hydrogen-bond acceptors (Lipinski definition) is 3. The number of rotatable bonds is 5. The molecular weight excluding hydrogens is 371 g/mol. The minimum atomic E-state index is -3.54. The van der Waals surface area contributed by atoms with Crippen LogP contribution < -0.4 is 0 Å². The van der Waals surface area contributed by atoms with E-state index in [1.807, 2.05) is 0 Å². The SMILES string of the molecule is CCS(=O)(=O)c1cc(-c2ccc(F)cc2)ccc1C(=O)CBr. The van der Waals surface area contributed by atoms with Gasteiger partial charge < -0.3 is 0 Å². The summed E-state index contributed by atoms with van der Waals surface area (Å²) in [5, 5.41) is 0.0507. The van der Waals surface area contributed by atoms with Crippen molar-refractivity contribution in [2.45, 2.75) is 11.8 Å². The van der Waals surface area contributed by atoms with E-state index < -0.39 is 9.84 Å². The minimum Gasteiger partial charge on any atom is -0.293 e. The number of carbonyl (C=O) groups is 1. The predicted molar refractivity (Wildman–Crippen MR) is 87.7 cm³/mol. The summed E-state index contributed by atoms with van der Waals surface area (Å²) in [7, 11) is -3.54. The number of halogens is 2. The molecule has 2 aromatic carbocycles. The van der Waals surface area contributed by atoms with Crippen molar-refractivity contribution in [2.75, 3.05) is 11.1 Å². The Balaban J connectivity index is 2.64. The summed E-state index contributed by atoms with van der Waals surface area (Å²) < 4.78 is 37.5. The zero-order valence-corrected chi connectivity index (χ0v) is 14.2. The molecule has 0 aromatic heterocycles. The van der Waals surface area contributed by atoms with E-state index >= 15 is 0 Å². The van der Waals surface area contributed by atoms with Gasteiger partial charge in [-0.15, -0.1) is 0 Å². The Morgan fingerprint density at radius 2 is 1.68 bits per heavy atom. The highest BCUT2D eigenvalue weighted by atomic mass is 79.9. The zero-order chi connectivity index (χ0) is 16.3. The van der Waals surface area contributed by atoms with Crippen LogP contribution in [0.15, 0.2) is 47.4 Å². The van der Waals surface area contributed by atoms with Crippen LogP contribution in [0.25, 0.3) is 11.1 Å². The first-order valence-corrected chi connectivity index (χ1v) is 9.38. The Kier molecular flexibility index (Phi) is 5.13. The highest BCUT2D eigenvalue weighted by Crippen LogP contribution is 2.27. The normalized spacial score (nSPS) is 11.4. The summed E-state index contributed by atoms with van der Waals surface area (Å²) >= 11 is 3.06. The lowest BCUT2D eigenvalue weighted by Gasteiger charge is -2.10. The van der Waals surface area contributed by atoms with Crippen molar-refractivity contribution in [3.8, 4) is 11.1 Å². The molecule has 0 aliphatic rings. The van der Waals surface area contributed by atoms with Gasteiger partial charge in [-0.2, -0.15) is 0 Å². The fourth-order valence-corrected chi connectivity index (χ4v) is 3.50. The van der Waals surface area contributed by atoms with E-state index in [9.17, 15) is 17.6 Å². The van der Waals surface area contributed by atoms with Gasteiger partial charge in [0.25, 0.3) is 0 Å². The van der Waals surface area contributed by atoms with Crippen molar-refractivity contribution in [2.24, 2.45) is 0 Å². The van der Waals surface area contributed by atoms with Gasteiger partial charge in [-0.3, -0.25) is 4.79 Å². The fourth-order valence-electron chi connectivity index (χ4n) is 2.06. The minimum absolute atomic E-state index is 0.0151. The van der Waals surface area contributed by atoms with Crippen LogP contribution in [0, 0.1) is 5.82 Å². The van der Waals surface area contributed by atoms with Crippen molar-refractivity contribution >= 4 is 31.6 Å². The number of alkyl halides is 1. The topological polar surface area (TPSA) is 51.2 Å². The summed E-state index contributed by atoms with van der Waals surface area (Å²) in [6, 6.07) is 10.4. The Labute approximate surface area is 137 Å². The molecule has 0 aliphatic carbocycles. The van der Waals surface area contributed by atoms with Gasteiger partial charge in [0.1, 0.15) is 5.82 Å². The first-order valence-electron chi connectivity index (χ1n) is 6.61. The summed E-state index contributed by atoms with van der Waals surface area (Å²) in [6.07, 6.45) is 0. The molecular formula is C16H14BrFO3S. The molecule has 116 valence electrons. The molecule has 0 unspecified atom stereocenters. The third-order valence-electron chi connectivity index (χ3n) is 3.30. The Bertz CT molecular complexity index is 799. The third kappa shape index (κ3) is 3.44. The molecule has 0 saturated heterocycles. The van der Waals surface area contributed by atoms with E-state index in [-0.39, 0.29) is 33.1 Å². The summed E-state index contributed by atoms with van der Waals surface area (Å²) in [4.78, 5) is 11.9. The molecule has 0 spiro atoms. The second-order valence-electron chi connectivity index (χ2n) is 4.68. The van der Waals surface area contributed by atoms with Crippen molar-refractivity contribution in [3.05, 3.63) is 53.8 Å². The molecule has 0 aliphatic heterocycles. The molecule has 0 fully saturated rings. The van der Waals surface area contributed by atoms with Crippen molar-refractivity contribution in [3.63, 3.8) is 0 Å². The van der Waals surface area contributed by atoms with E-state index in [4.69, 9.17) is 0 Å². The van der Waals surface area contributed by atoms with Crippen LogP contribution >= 0.6 is 15.9 Å². The quantitative estimate of drug-likeness (QED) is 0.580. The van der Waals surface area contributed by atoms with Gasteiger partial charge in [0.15, 0.2) is 15.6 Å². The largest absolute Gasteiger partial charge is 0.293 e. The fraction of sp³-hybridized carbons (Fsp3) is 0.188. The molecule has 0 heterocycles. The standard InChI is InChI=1S/C16H14BrFO3S/c1-2-22(20,21)16-9-12(5-8-14(16)15(19)10-17)11-3-6-13(18)7-4-11/h3-9H,2,10H2,1H3. The second kappa shape index (κ2) is 6.71. The van der Waals surface area contributed by atoms with Gasteiger partial charge in [0, 0.05) is 5.56 Å². The van der Waals surface area contributed by atoms with Gasteiger partial charge in [-0.1, -0.05) is 41.1 Å². The lowest BCUT2D eigenvalue weighted by molar-refractivity contribution is 0.102. The van der Waals surface area contributed by atoms with Gasteiger partial charge in [-0.25, -0.2) is 12.8 Å². The van der Waals surface area contributed by atoms with Crippen LogP contribution in [0.5, 0.6) is 0 Å². The molecule has 0 amide bonds. The molecule has 0 saturated carbocycles. The van der Waals surface area contributed by atoms with Gasteiger partial charge >= 0.3 is 0 Å². The van der Waals surface area contributed by atoms with E-state index in [1.54, 1.807) is 18.2 Å². The van der Waals surface area contributed by atoms with E-state index in [2.05, 4.69) is 15.9 Å². The van der Waals surface area contributed by atoms with E-state index in [0.717, 1.165) is 0 Å². The van der Waals surface area contributed by atoms with Crippen LogP contribution in [0.1, 0.15) is 17.3 Å². The number of benzene rings is 2. The molecule has 2 aromatic rings. The molecule has 2 rings (SSSR count). The van der Waals surface area contributed by atoms with E-state index in [1.165, 1.54) is 31.2 Å². The Hall–Kier alpha value is -1.53. The number of carbonyl (C=O) groups excluding carboxylic acids is 1. The number of Topliss-reactive ketones (excluding diaryl/α,β-unsaturated/α-hetero) is 1. The molecule has 6 heteroatoms. The van der Waals surface area contributed by atoms with Crippen molar-refractivity contribution < 1.29 is 17.6 Å². The molecule has 0 N–H and O–H groups in total. The van der Waals surface area contributed by atoms with Crippen LogP contribution in [0.4, 0.5) is 4.39 Å². The lowest BCUT2D eigenvalue weighted by atomic mass is 10.0.